The van der Waals surface area contributed by atoms with Gasteiger partial charge in [0.25, 0.3) is 0 Å². The molecule has 1 atom stereocenters. The lowest BCUT2D eigenvalue weighted by Crippen LogP contribution is -2.25. The summed E-state index contributed by atoms with van der Waals surface area (Å²) in [6.45, 7) is 7.51. The monoisotopic (exact) mass is 192 g/mol. The van der Waals surface area contributed by atoms with E-state index in [4.69, 9.17) is 0 Å². The predicted molar refractivity (Wildman–Crippen MR) is 60.4 cm³/mol. The van der Waals surface area contributed by atoms with E-state index in [0.29, 0.717) is 6.04 Å². The molecule has 1 heterocycles. The molecule has 0 bridgehead atoms. The van der Waals surface area contributed by atoms with Crippen molar-refractivity contribution in [2.24, 2.45) is 0 Å². The standard InChI is InChI=1S/C12H20N2/c1-4-14-11(3)5-6-12-7-10(2)8-13-9-12/h7-9,11,14H,4-6H2,1-3H3. The summed E-state index contributed by atoms with van der Waals surface area (Å²) in [5, 5.41) is 3.41. The molecule has 0 aliphatic carbocycles. The Hall–Kier alpha value is -0.890. The fraction of sp³-hybridized carbons (Fsp3) is 0.583. The number of rotatable bonds is 5. The third-order valence-corrected chi connectivity index (χ3v) is 2.35. The maximum absolute atomic E-state index is 4.19. The van der Waals surface area contributed by atoms with Crippen LogP contribution in [0.3, 0.4) is 0 Å². The third kappa shape index (κ3) is 3.88. The molecule has 0 saturated heterocycles. The van der Waals surface area contributed by atoms with Gasteiger partial charge in [-0.3, -0.25) is 4.98 Å². The molecule has 1 N–H and O–H groups in total. The Labute approximate surface area is 86.8 Å². The molecule has 2 nitrogen and oxygen atoms in total. The smallest absolute Gasteiger partial charge is 0.0300 e. The number of pyridine rings is 1. The van der Waals surface area contributed by atoms with Gasteiger partial charge in [0.05, 0.1) is 0 Å². The molecule has 0 saturated carbocycles. The molecule has 78 valence electrons. The molecule has 1 aromatic heterocycles. The van der Waals surface area contributed by atoms with Gasteiger partial charge < -0.3 is 5.32 Å². The molecule has 0 fully saturated rings. The van der Waals surface area contributed by atoms with Gasteiger partial charge in [-0.2, -0.15) is 0 Å². The summed E-state index contributed by atoms with van der Waals surface area (Å²) < 4.78 is 0. The Balaban J connectivity index is 2.37. The van der Waals surface area contributed by atoms with Gasteiger partial charge in [0.2, 0.25) is 0 Å². The van der Waals surface area contributed by atoms with E-state index in [-0.39, 0.29) is 0 Å². The van der Waals surface area contributed by atoms with Crippen LogP contribution in [0.25, 0.3) is 0 Å². The molecular weight excluding hydrogens is 172 g/mol. The molecule has 0 amide bonds. The normalized spacial score (nSPS) is 12.8. The summed E-state index contributed by atoms with van der Waals surface area (Å²) in [4.78, 5) is 4.19. The number of aromatic nitrogens is 1. The van der Waals surface area contributed by atoms with Gasteiger partial charge in [0, 0.05) is 18.4 Å². The average molecular weight is 192 g/mol. The first-order valence-corrected chi connectivity index (χ1v) is 5.36. The molecule has 0 spiro atoms. The molecule has 1 unspecified atom stereocenters. The minimum absolute atomic E-state index is 0.598. The minimum atomic E-state index is 0.598. The Morgan fingerprint density at radius 1 is 1.43 bits per heavy atom. The number of hydrogen-bond acceptors (Lipinski definition) is 2. The Morgan fingerprint density at radius 2 is 2.21 bits per heavy atom. The van der Waals surface area contributed by atoms with Gasteiger partial charge in [0.15, 0.2) is 0 Å². The second-order valence-corrected chi connectivity index (χ2v) is 3.87. The maximum Gasteiger partial charge on any atom is 0.0300 e. The first kappa shape index (κ1) is 11.2. The lowest BCUT2D eigenvalue weighted by atomic mass is 10.1. The number of aryl methyl sites for hydroxylation is 2. The summed E-state index contributed by atoms with van der Waals surface area (Å²) in [6, 6.07) is 2.81. The highest BCUT2D eigenvalue weighted by molar-refractivity contribution is 5.16. The van der Waals surface area contributed by atoms with Gasteiger partial charge in [-0.1, -0.05) is 13.0 Å². The first-order valence-electron chi connectivity index (χ1n) is 5.36. The summed E-state index contributed by atoms with van der Waals surface area (Å²) >= 11 is 0. The van der Waals surface area contributed by atoms with Crippen LogP contribution in [0.15, 0.2) is 18.5 Å². The highest BCUT2D eigenvalue weighted by Gasteiger charge is 2.00. The lowest BCUT2D eigenvalue weighted by molar-refractivity contribution is 0.530. The van der Waals surface area contributed by atoms with Crippen molar-refractivity contribution in [1.82, 2.24) is 10.3 Å². The van der Waals surface area contributed by atoms with Crippen molar-refractivity contribution in [3.63, 3.8) is 0 Å². The second kappa shape index (κ2) is 5.76. The van der Waals surface area contributed by atoms with Gasteiger partial charge in [0.1, 0.15) is 0 Å². The van der Waals surface area contributed by atoms with Crippen LogP contribution in [0.4, 0.5) is 0 Å². The number of hydrogen-bond donors (Lipinski definition) is 1. The van der Waals surface area contributed by atoms with Crippen LogP contribution in [0.2, 0.25) is 0 Å². The van der Waals surface area contributed by atoms with E-state index in [1.165, 1.54) is 17.5 Å². The van der Waals surface area contributed by atoms with E-state index in [1.807, 2.05) is 12.4 Å². The summed E-state index contributed by atoms with van der Waals surface area (Å²) in [5.74, 6) is 0. The number of nitrogens with zero attached hydrogens (tertiary/aromatic N) is 1. The average Bonchev–Trinajstić information content (AvgIpc) is 2.15. The predicted octanol–water partition coefficient (Wildman–Crippen LogP) is 2.32. The van der Waals surface area contributed by atoms with Crippen LogP contribution >= 0.6 is 0 Å². The number of nitrogens with one attached hydrogen (secondary N) is 1. The third-order valence-electron chi connectivity index (χ3n) is 2.35. The molecule has 1 aromatic rings. The summed E-state index contributed by atoms with van der Waals surface area (Å²) in [5.41, 5.74) is 2.59. The minimum Gasteiger partial charge on any atom is -0.315 e. The van der Waals surface area contributed by atoms with Crippen molar-refractivity contribution in [3.05, 3.63) is 29.6 Å². The summed E-state index contributed by atoms with van der Waals surface area (Å²) in [6.07, 6.45) is 6.16. The highest BCUT2D eigenvalue weighted by Crippen LogP contribution is 2.05. The highest BCUT2D eigenvalue weighted by atomic mass is 14.9. The molecule has 1 rings (SSSR count). The van der Waals surface area contributed by atoms with E-state index in [2.05, 4.69) is 37.1 Å². The quantitative estimate of drug-likeness (QED) is 0.774. The van der Waals surface area contributed by atoms with Crippen molar-refractivity contribution >= 4 is 0 Å². The lowest BCUT2D eigenvalue weighted by Gasteiger charge is -2.11. The largest absolute Gasteiger partial charge is 0.315 e. The van der Waals surface area contributed by atoms with Crippen molar-refractivity contribution in [2.45, 2.75) is 39.7 Å². The maximum atomic E-state index is 4.19. The van der Waals surface area contributed by atoms with Crippen molar-refractivity contribution in [2.75, 3.05) is 6.54 Å². The van der Waals surface area contributed by atoms with E-state index in [1.54, 1.807) is 0 Å². The van der Waals surface area contributed by atoms with Gasteiger partial charge >= 0.3 is 0 Å². The zero-order valence-corrected chi connectivity index (χ0v) is 9.38. The van der Waals surface area contributed by atoms with E-state index < -0.39 is 0 Å². The van der Waals surface area contributed by atoms with Gasteiger partial charge in [-0.25, -0.2) is 0 Å². The fourth-order valence-corrected chi connectivity index (χ4v) is 1.59. The van der Waals surface area contributed by atoms with Crippen LogP contribution in [-0.4, -0.2) is 17.6 Å². The molecular formula is C12H20N2. The molecule has 0 aromatic carbocycles. The first-order chi connectivity index (χ1) is 6.72. The van der Waals surface area contributed by atoms with Crippen molar-refractivity contribution < 1.29 is 0 Å². The molecule has 14 heavy (non-hydrogen) atoms. The topological polar surface area (TPSA) is 24.9 Å². The van der Waals surface area contributed by atoms with E-state index >= 15 is 0 Å². The molecule has 0 aliphatic heterocycles. The van der Waals surface area contributed by atoms with Crippen molar-refractivity contribution in [3.8, 4) is 0 Å². The Morgan fingerprint density at radius 3 is 2.86 bits per heavy atom. The van der Waals surface area contributed by atoms with Crippen LogP contribution < -0.4 is 5.32 Å². The van der Waals surface area contributed by atoms with E-state index in [9.17, 15) is 0 Å². The van der Waals surface area contributed by atoms with Crippen LogP contribution in [0, 0.1) is 6.92 Å². The zero-order valence-electron chi connectivity index (χ0n) is 9.38. The van der Waals surface area contributed by atoms with Crippen molar-refractivity contribution in [1.29, 1.82) is 0 Å². The summed E-state index contributed by atoms with van der Waals surface area (Å²) in [7, 11) is 0. The van der Waals surface area contributed by atoms with E-state index in [0.717, 1.165) is 13.0 Å². The zero-order chi connectivity index (χ0) is 10.4. The van der Waals surface area contributed by atoms with Crippen LogP contribution in [0.1, 0.15) is 31.4 Å². The fourth-order valence-electron chi connectivity index (χ4n) is 1.59. The Bertz CT molecular complexity index is 271. The Kier molecular flexibility index (Phi) is 4.60. The van der Waals surface area contributed by atoms with Gasteiger partial charge in [-0.15, -0.1) is 0 Å². The van der Waals surface area contributed by atoms with Crippen LogP contribution in [-0.2, 0) is 6.42 Å². The SMILES string of the molecule is CCNC(C)CCc1cncc(C)c1. The van der Waals surface area contributed by atoms with Crippen LogP contribution in [0.5, 0.6) is 0 Å². The molecule has 0 radical (unpaired) electrons. The second-order valence-electron chi connectivity index (χ2n) is 3.87. The van der Waals surface area contributed by atoms with Gasteiger partial charge in [-0.05, 0) is 44.4 Å². The molecule has 0 aliphatic rings. The molecule has 2 heteroatoms.